The Morgan fingerprint density at radius 3 is 2.47 bits per heavy atom. The summed E-state index contributed by atoms with van der Waals surface area (Å²) in [6.07, 6.45) is -5.57. The van der Waals surface area contributed by atoms with Crippen molar-refractivity contribution in [1.29, 1.82) is 0 Å². The van der Waals surface area contributed by atoms with E-state index in [0.717, 1.165) is 19.2 Å². The van der Waals surface area contributed by atoms with E-state index in [1.807, 2.05) is 0 Å². The van der Waals surface area contributed by atoms with Gasteiger partial charge in [0.1, 0.15) is 11.5 Å². The third-order valence-electron chi connectivity index (χ3n) is 4.59. The van der Waals surface area contributed by atoms with E-state index < -0.39 is 47.2 Å². The molecule has 2 N–H and O–H groups in total. The van der Waals surface area contributed by atoms with Gasteiger partial charge in [-0.2, -0.15) is 13.2 Å². The molecular formula is C19H17ClF3N3O6. The van der Waals surface area contributed by atoms with Gasteiger partial charge in [0.25, 0.3) is 0 Å². The summed E-state index contributed by atoms with van der Waals surface area (Å²) in [4.78, 5) is 33.6. The first-order valence-electron chi connectivity index (χ1n) is 8.89. The van der Waals surface area contributed by atoms with Gasteiger partial charge in [0.2, 0.25) is 11.9 Å². The lowest BCUT2D eigenvalue weighted by atomic mass is 9.92. The minimum absolute atomic E-state index is 0.00329. The minimum Gasteiger partial charge on any atom is -0.456 e. The summed E-state index contributed by atoms with van der Waals surface area (Å²) in [6, 6.07) is 6.11. The van der Waals surface area contributed by atoms with Gasteiger partial charge in [-0.15, -0.1) is 4.91 Å². The molecule has 0 bridgehead atoms. The molecule has 0 aliphatic carbocycles. The van der Waals surface area contributed by atoms with E-state index in [9.17, 15) is 33.0 Å². The topological polar surface area (TPSA) is 134 Å². The summed E-state index contributed by atoms with van der Waals surface area (Å²) in [5, 5.41) is 14.3. The number of hydrogen-bond acceptors (Lipinski definition) is 7. The Morgan fingerprint density at radius 1 is 1.28 bits per heavy atom. The zero-order chi connectivity index (χ0) is 24.1. The van der Waals surface area contributed by atoms with Gasteiger partial charge in [0, 0.05) is 13.5 Å². The van der Waals surface area contributed by atoms with Gasteiger partial charge in [0.15, 0.2) is 0 Å². The average molecular weight is 476 g/mol. The molecule has 9 nitrogen and oxygen atoms in total. The molecule has 172 valence electrons. The lowest BCUT2D eigenvalue weighted by molar-refractivity contribution is -0.634. The number of primary amides is 1. The summed E-state index contributed by atoms with van der Waals surface area (Å²) in [6.45, 7) is 0. The number of nitrogens with two attached hydrogens (primary N) is 1. The number of amides is 1. The van der Waals surface area contributed by atoms with Crippen molar-refractivity contribution in [2.24, 2.45) is 10.9 Å². The molecule has 0 aliphatic heterocycles. The monoisotopic (exact) mass is 475 g/mol. The predicted molar refractivity (Wildman–Crippen MR) is 107 cm³/mol. The predicted octanol–water partition coefficient (Wildman–Crippen LogP) is 4.84. The van der Waals surface area contributed by atoms with Crippen molar-refractivity contribution >= 4 is 17.5 Å². The molecule has 1 amide bonds. The molecule has 0 saturated heterocycles. The number of benzene rings is 2. The largest absolute Gasteiger partial charge is 0.456 e. The van der Waals surface area contributed by atoms with Gasteiger partial charge in [-0.3, -0.25) is 14.9 Å². The number of carbonyl (C=O) groups excluding carboxylic acids is 1. The summed E-state index contributed by atoms with van der Waals surface area (Å²) < 4.78 is 48.9. The lowest BCUT2D eigenvalue weighted by Gasteiger charge is -2.27. The number of methoxy groups -OCH3 is 1. The van der Waals surface area contributed by atoms with Crippen LogP contribution in [-0.4, -0.2) is 23.7 Å². The number of halogens is 4. The highest BCUT2D eigenvalue weighted by Crippen LogP contribution is 2.40. The molecule has 0 radical (unpaired) electrons. The maximum atomic E-state index is 12.8. The molecule has 32 heavy (non-hydrogen) atoms. The molecule has 13 heteroatoms. The molecular weight excluding hydrogens is 459 g/mol. The molecule has 0 heterocycles. The van der Waals surface area contributed by atoms with Crippen LogP contribution >= 0.6 is 11.6 Å². The highest BCUT2D eigenvalue weighted by atomic mass is 35.5. The second-order valence-electron chi connectivity index (χ2n) is 6.60. The Bertz CT molecular complexity index is 1020. The number of nitroso groups, excluding NO2 is 1. The average Bonchev–Trinajstić information content (AvgIpc) is 2.71. The van der Waals surface area contributed by atoms with Gasteiger partial charge in [-0.25, -0.2) is 0 Å². The molecule has 0 aliphatic rings. The third-order valence-corrected chi connectivity index (χ3v) is 4.88. The molecule has 2 aromatic rings. The SMILES string of the molecule is COC(CCC(N)=O)(C(N=O)c1cccc(Oc2ccc(C(F)(F)F)cc2Cl)c1)[N+](=O)[O-]. The first-order valence-corrected chi connectivity index (χ1v) is 9.27. The fourth-order valence-electron chi connectivity index (χ4n) is 2.96. The smallest absolute Gasteiger partial charge is 0.416 e. The van der Waals surface area contributed by atoms with Gasteiger partial charge < -0.3 is 15.2 Å². The van der Waals surface area contributed by atoms with Crippen molar-refractivity contribution in [2.75, 3.05) is 7.11 Å². The van der Waals surface area contributed by atoms with Crippen molar-refractivity contribution in [2.45, 2.75) is 30.8 Å². The van der Waals surface area contributed by atoms with E-state index in [1.54, 1.807) is 0 Å². The number of rotatable bonds is 10. The number of hydrogen-bond donors (Lipinski definition) is 1. The van der Waals surface area contributed by atoms with Gasteiger partial charge in [-0.05, 0) is 35.9 Å². The van der Waals surface area contributed by atoms with E-state index in [1.165, 1.54) is 24.3 Å². The van der Waals surface area contributed by atoms with Crippen molar-refractivity contribution in [3.63, 3.8) is 0 Å². The molecule has 0 saturated carbocycles. The van der Waals surface area contributed by atoms with Crippen LogP contribution in [0.5, 0.6) is 11.5 Å². The molecule has 2 unspecified atom stereocenters. The summed E-state index contributed by atoms with van der Waals surface area (Å²) >= 11 is 5.88. The van der Waals surface area contributed by atoms with Crippen LogP contribution in [0.4, 0.5) is 13.2 Å². The Kier molecular flexibility index (Phi) is 7.75. The van der Waals surface area contributed by atoms with Gasteiger partial charge in [0.05, 0.1) is 21.9 Å². The van der Waals surface area contributed by atoms with E-state index in [-0.39, 0.29) is 22.1 Å². The number of ether oxygens (including phenoxy) is 2. The van der Waals surface area contributed by atoms with Crippen LogP contribution in [0.3, 0.4) is 0 Å². The molecule has 2 atom stereocenters. The Balaban J connectivity index is 2.40. The van der Waals surface area contributed by atoms with E-state index >= 15 is 0 Å². The first kappa shape index (κ1) is 25.0. The van der Waals surface area contributed by atoms with Crippen LogP contribution in [0, 0.1) is 15.0 Å². The second-order valence-corrected chi connectivity index (χ2v) is 7.01. The summed E-state index contributed by atoms with van der Waals surface area (Å²) in [7, 11) is 0.990. The molecule has 0 spiro atoms. The first-order chi connectivity index (χ1) is 14.9. The maximum Gasteiger partial charge on any atom is 0.416 e. The van der Waals surface area contributed by atoms with Crippen molar-refractivity contribution in [3.8, 4) is 11.5 Å². The zero-order valence-electron chi connectivity index (χ0n) is 16.5. The Hall–Kier alpha value is -3.25. The molecule has 0 fully saturated rings. The zero-order valence-corrected chi connectivity index (χ0v) is 17.2. The fraction of sp³-hybridized carbons (Fsp3) is 0.316. The molecule has 2 rings (SSSR count). The molecule has 0 aromatic heterocycles. The van der Waals surface area contributed by atoms with E-state index in [2.05, 4.69) is 5.18 Å². The van der Waals surface area contributed by atoms with Gasteiger partial charge >= 0.3 is 11.9 Å². The Labute approximate surface area is 184 Å². The number of nitro groups is 1. The van der Waals surface area contributed by atoms with Gasteiger partial charge in [-0.1, -0.05) is 28.9 Å². The third kappa shape index (κ3) is 5.51. The van der Waals surface area contributed by atoms with Crippen molar-refractivity contribution in [3.05, 3.63) is 73.6 Å². The second kappa shape index (κ2) is 9.92. The quantitative estimate of drug-likeness (QED) is 0.226. The van der Waals surface area contributed by atoms with Crippen LogP contribution in [-0.2, 0) is 15.7 Å². The van der Waals surface area contributed by atoms with Crippen LogP contribution in [0.25, 0.3) is 0 Å². The Morgan fingerprint density at radius 2 is 1.97 bits per heavy atom. The summed E-state index contributed by atoms with van der Waals surface area (Å²) in [5.41, 5.74) is 1.71. The maximum absolute atomic E-state index is 12.8. The fourth-order valence-corrected chi connectivity index (χ4v) is 3.18. The number of nitrogens with zero attached hydrogens (tertiary/aromatic N) is 2. The summed E-state index contributed by atoms with van der Waals surface area (Å²) in [5.74, 6) is -0.943. The van der Waals surface area contributed by atoms with Crippen molar-refractivity contribution < 1.29 is 32.4 Å². The van der Waals surface area contributed by atoms with Crippen LogP contribution in [0.2, 0.25) is 5.02 Å². The number of alkyl halides is 3. The van der Waals surface area contributed by atoms with E-state index in [4.69, 9.17) is 26.8 Å². The number of carbonyl (C=O) groups is 1. The highest BCUT2D eigenvalue weighted by Gasteiger charge is 2.53. The van der Waals surface area contributed by atoms with Crippen LogP contribution < -0.4 is 10.5 Å². The normalized spacial score (nSPS) is 14.3. The molecule has 2 aromatic carbocycles. The highest BCUT2D eigenvalue weighted by molar-refractivity contribution is 6.32. The van der Waals surface area contributed by atoms with Crippen molar-refractivity contribution in [1.82, 2.24) is 0 Å². The van der Waals surface area contributed by atoms with E-state index in [0.29, 0.717) is 6.07 Å². The lowest BCUT2D eigenvalue weighted by Crippen LogP contribution is -2.46. The van der Waals surface area contributed by atoms with Crippen LogP contribution in [0.1, 0.15) is 30.0 Å². The van der Waals surface area contributed by atoms with Crippen LogP contribution in [0.15, 0.2) is 47.6 Å². The minimum atomic E-state index is -4.60. The standard InChI is InChI=1S/C19H17ClF3N3O6/c1-31-18(26(29)30,8-7-16(24)27)17(25-28)11-3-2-4-13(9-11)32-15-6-5-12(10-14(15)20)19(21,22)23/h2-6,9-10,17H,7-8H2,1H3,(H2,24,27).